The zero-order valence-electron chi connectivity index (χ0n) is 12.8. The summed E-state index contributed by atoms with van der Waals surface area (Å²) >= 11 is 0. The average molecular weight is 313 g/mol. The number of benzene rings is 2. The summed E-state index contributed by atoms with van der Waals surface area (Å²) in [6.45, 7) is 2.62. The van der Waals surface area contributed by atoms with Crippen LogP contribution < -0.4 is 4.74 Å². The Bertz CT molecular complexity index is 607. The molecule has 0 heterocycles. The molecule has 0 saturated heterocycles. The van der Waals surface area contributed by atoms with E-state index in [4.69, 9.17) is 14.2 Å². The lowest BCUT2D eigenvalue weighted by molar-refractivity contribution is 0.0303. The highest BCUT2D eigenvalue weighted by Gasteiger charge is 1.96. The highest BCUT2D eigenvalue weighted by molar-refractivity contribution is 5.49. The van der Waals surface area contributed by atoms with Crippen LogP contribution in [0.15, 0.2) is 59.6 Å². The summed E-state index contributed by atoms with van der Waals surface area (Å²) < 4.78 is 16.5. The Balaban J connectivity index is 1.50. The van der Waals surface area contributed by atoms with E-state index >= 15 is 0 Å². The van der Waals surface area contributed by atoms with Crippen molar-refractivity contribution < 1.29 is 19.0 Å². The third-order valence-corrected chi connectivity index (χ3v) is 2.99. The second-order valence-electron chi connectivity index (χ2n) is 4.70. The van der Waals surface area contributed by atoms with E-state index in [-0.39, 0.29) is 0 Å². The lowest BCUT2D eigenvalue weighted by Gasteiger charge is -2.08. The van der Waals surface area contributed by atoms with E-state index in [1.165, 1.54) is 6.08 Å². The van der Waals surface area contributed by atoms with E-state index < -0.39 is 0 Å². The summed E-state index contributed by atoms with van der Waals surface area (Å²) in [6.07, 6.45) is 1.49. The van der Waals surface area contributed by atoms with Gasteiger partial charge < -0.3 is 14.2 Å². The van der Waals surface area contributed by atoms with Gasteiger partial charge in [0.2, 0.25) is 6.08 Å². The molecule has 2 aromatic carbocycles. The molecule has 0 fully saturated rings. The summed E-state index contributed by atoms with van der Waals surface area (Å²) in [5, 5.41) is 0. The van der Waals surface area contributed by atoms with E-state index in [1.54, 1.807) is 24.3 Å². The first kappa shape index (κ1) is 16.9. The Morgan fingerprint density at radius 3 is 2.26 bits per heavy atom. The van der Waals surface area contributed by atoms with Crippen LogP contribution in [0.25, 0.3) is 0 Å². The number of ether oxygens (including phenoxy) is 3. The van der Waals surface area contributed by atoms with Gasteiger partial charge in [-0.2, -0.15) is 4.99 Å². The minimum Gasteiger partial charge on any atom is -0.491 e. The van der Waals surface area contributed by atoms with Crippen LogP contribution in [0.4, 0.5) is 5.69 Å². The van der Waals surface area contributed by atoms with Gasteiger partial charge in [-0.25, -0.2) is 4.79 Å². The fourth-order valence-electron chi connectivity index (χ4n) is 1.87. The van der Waals surface area contributed by atoms with Crippen LogP contribution in [0.3, 0.4) is 0 Å². The molecule has 0 radical (unpaired) electrons. The van der Waals surface area contributed by atoms with Crippen molar-refractivity contribution in [2.75, 3.05) is 26.4 Å². The van der Waals surface area contributed by atoms with Crippen LogP contribution in [0.5, 0.6) is 5.75 Å². The molecule has 120 valence electrons. The topological polar surface area (TPSA) is 57.1 Å². The molecule has 2 rings (SSSR count). The predicted octanol–water partition coefficient (Wildman–Crippen LogP) is 3.27. The molecule has 0 aliphatic heterocycles. The third-order valence-electron chi connectivity index (χ3n) is 2.99. The van der Waals surface area contributed by atoms with Gasteiger partial charge >= 0.3 is 0 Å². The highest BCUT2D eigenvalue weighted by atomic mass is 16.5. The summed E-state index contributed by atoms with van der Waals surface area (Å²) in [6, 6.07) is 16.9. The number of rotatable bonds is 10. The fourth-order valence-corrected chi connectivity index (χ4v) is 1.87. The molecule has 0 bridgehead atoms. The third kappa shape index (κ3) is 6.89. The van der Waals surface area contributed by atoms with Crippen molar-refractivity contribution in [2.45, 2.75) is 6.61 Å². The maximum absolute atomic E-state index is 10.1. The van der Waals surface area contributed by atoms with Gasteiger partial charge in [0.25, 0.3) is 0 Å². The molecule has 5 nitrogen and oxygen atoms in total. The highest BCUT2D eigenvalue weighted by Crippen LogP contribution is 2.17. The number of hydrogen-bond acceptors (Lipinski definition) is 5. The minimum atomic E-state index is 0.453. The molecule has 0 aliphatic carbocycles. The summed E-state index contributed by atoms with van der Waals surface area (Å²) in [5.74, 6) is 0.707. The van der Waals surface area contributed by atoms with Gasteiger partial charge in [-0.05, 0) is 29.8 Å². The zero-order valence-corrected chi connectivity index (χ0v) is 12.8. The summed E-state index contributed by atoms with van der Waals surface area (Å²) in [7, 11) is 0. The van der Waals surface area contributed by atoms with Crippen LogP contribution in [-0.2, 0) is 20.9 Å². The molecule has 2 aromatic rings. The van der Waals surface area contributed by atoms with Gasteiger partial charge in [0.1, 0.15) is 12.4 Å². The van der Waals surface area contributed by atoms with Crippen LogP contribution in [0.2, 0.25) is 0 Å². The van der Waals surface area contributed by atoms with E-state index in [0.717, 1.165) is 5.56 Å². The van der Waals surface area contributed by atoms with Gasteiger partial charge in [0.05, 0.1) is 32.1 Å². The molecular formula is C18H19NO4. The lowest BCUT2D eigenvalue weighted by atomic mass is 10.2. The molecule has 0 unspecified atom stereocenters. The van der Waals surface area contributed by atoms with Gasteiger partial charge in [0.15, 0.2) is 0 Å². The van der Waals surface area contributed by atoms with Crippen molar-refractivity contribution >= 4 is 11.8 Å². The van der Waals surface area contributed by atoms with Gasteiger partial charge in [-0.1, -0.05) is 30.3 Å². The maximum Gasteiger partial charge on any atom is 0.240 e. The monoisotopic (exact) mass is 313 g/mol. The standard InChI is InChI=1S/C18H19NO4/c20-15-19-17-6-8-18(9-7-17)23-13-12-21-10-11-22-14-16-4-2-1-3-5-16/h1-9H,10-14H2. The van der Waals surface area contributed by atoms with E-state index in [1.807, 2.05) is 30.3 Å². The van der Waals surface area contributed by atoms with Crippen molar-refractivity contribution in [3.63, 3.8) is 0 Å². The molecule has 0 aromatic heterocycles. The number of isocyanates is 1. The summed E-state index contributed by atoms with van der Waals surface area (Å²) in [4.78, 5) is 13.6. The molecule has 23 heavy (non-hydrogen) atoms. The molecule has 0 amide bonds. The smallest absolute Gasteiger partial charge is 0.240 e. The summed E-state index contributed by atoms with van der Waals surface area (Å²) in [5.41, 5.74) is 1.71. The minimum absolute atomic E-state index is 0.453. The first-order chi connectivity index (χ1) is 11.4. The van der Waals surface area contributed by atoms with Gasteiger partial charge in [-0.3, -0.25) is 0 Å². The Labute approximate surface area is 135 Å². The van der Waals surface area contributed by atoms with Crippen LogP contribution in [0.1, 0.15) is 5.56 Å². The fraction of sp³-hybridized carbons (Fsp3) is 0.278. The molecular weight excluding hydrogens is 294 g/mol. The second-order valence-corrected chi connectivity index (χ2v) is 4.70. The molecule has 5 heteroatoms. The lowest BCUT2D eigenvalue weighted by Crippen LogP contribution is -2.10. The number of aliphatic imine (C=N–C) groups is 1. The van der Waals surface area contributed by atoms with Crippen LogP contribution in [0, 0.1) is 0 Å². The van der Waals surface area contributed by atoms with Crippen molar-refractivity contribution in [1.82, 2.24) is 0 Å². The molecule has 0 aliphatic rings. The van der Waals surface area contributed by atoms with Crippen molar-refractivity contribution in [3.8, 4) is 5.75 Å². The molecule has 0 spiro atoms. The first-order valence-electron chi connectivity index (χ1n) is 7.38. The number of nitrogens with zero attached hydrogens (tertiary/aromatic N) is 1. The number of carbonyl (C=O) groups excluding carboxylic acids is 1. The SMILES string of the molecule is O=C=Nc1ccc(OCCOCCOCc2ccccc2)cc1. The van der Waals surface area contributed by atoms with E-state index in [2.05, 4.69) is 4.99 Å². The van der Waals surface area contributed by atoms with Crippen LogP contribution >= 0.6 is 0 Å². The molecule has 0 N–H and O–H groups in total. The Hall–Kier alpha value is -2.46. The molecule has 0 atom stereocenters. The van der Waals surface area contributed by atoms with Gasteiger partial charge in [-0.15, -0.1) is 0 Å². The van der Waals surface area contributed by atoms with E-state index in [0.29, 0.717) is 44.5 Å². The predicted molar refractivity (Wildman–Crippen MR) is 86.6 cm³/mol. The Morgan fingerprint density at radius 1 is 0.826 bits per heavy atom. The normalized spacial score (nSPS) is 10.1. The van der Waals surface area contributed by atoms with E-state index in [9.17, 15) is 4.79 Å². The number of hydrogen-bond donors (Lipinski definition) is 0. The second kappa shape index (κ2) is 10.3. The van der Waals surface area contributed by atoms with Crippen LogP contribution in [-0.4, -0.2) is 32.5 Å². The largest absolute Gasteiger partial charge is 0.491 e. The maximum atomic E-state index is 10.1. The zero-order chi connectivity index (χ0) is 16.2. The van der Waals surface area contributed by atoms with Gasteiger partial charge in [0, 0.05) is 0 Å². The first-order valence-corrected chi connectivity index (χ1v) is 7.38. The van der Waals surface area contributed by atoms with Crippen molar-refractivity contribution in [2.24, 2.45) is 4.99 Å². The Morgan fingerprint density at radius 2 is 1.52 bits per heavy atom. The van der Waals surface area contributed by atoms with Crippen molar-refractivity contribution in [3.05, 3.63) is 60.2 Å². The quantitative estimate of drug-likeness (QED) is 0.384. The Kier molecular flexibility index (Phi) is 7.57. The van der Waals surface area contributed by atoms with Crippen molar-refractivity contribution in [1.29, 1.82) is 0 Å². The molecule has 0 saturated carbocycles. The average Bonchev–Trinajstić information content (AvgIpc) is 2.60.